The van der Waals surface area contributed by atoms with Crippen LogP contribution in [-0.2, 0) is 6.18 Å². The summed E-state index contributed by atoms with van der Waals surface area (Å²) >= 11 is 0. The highest BCUT2D eigenvalue weighted by Crippen LogP contribution is 2.33. The lowest BCUT2D eigenvalue weighted by atomic mass is 10.0. The fourth-order valence-corrected chi connectivity index (χ4v) is 2.66. The number of hydrogen-bond donors (Lipinski definition) is 1. The summed E-state index contributed by atoms with van der Waals surface area (Å²) in [7, 11) is 0. The van der Waals surface area contributed by atoms with Crippen molar-refractivity contribution < 1.29 is 22.4 Å². The maximum absolute atomic E-state index is 13.2. The monoisotopic (exact) mass is 304 g/mol. The van der Waals surface area contributed by atoms with Crippen LogP contribution in [0, 0.1) is 11.7 Å². The van der Waals surface area contributed by atoms with Crippen LogP contribution >= 0.6 is 0 Å². The summed E-state index contributed by atoms with van der Waals surface area (Å²) in [6.45, 7) is 2.64. The third-order valence-corrected chi connectivity index (χ3v) is 3.90. The minimum absolute atomic E-state index is 0.170. The molecule has 0 aliphatic carbocycles. The Morgan fingerprint density at radius 2 is 2.10 bits per heavy atom. The summed E-state index contributed by atoms with van der Waals surface area (Å²) in [6.07, 6.45) is -4.08. The second kappa shape index (κ2) is 5.63. The third-order valence-electron chi connectivity index (χ3n) is 3.90. The number of hydrogen-bond acceptors (Lipinski definition) is 2. The maximum atomic E-state index is 13.2. The Hall–Kier alpha value is -1.63. The lowest BCUT2D eigenvalue weighted by Crippen LogP contribution is -2.42. The van der Waals surface area contributed by atoms with Crippen molar-refractivity contribution >= 4 is 5.91 Å². The first-order valence-corrected chi connectivity index (χ1v) is 6.63. The number of likely N-dealkylation sites (tertiary alicyclic amines) is 1. The molecular weight excluding hydrogens is 288 g/mol. The van der Waals surface area contributed by atoms with Crippen molar-refractivity contribution in [2.75, 3.05) is 13.1 Å². The molecule has 7 heteroatoms. The molecule has 2 unspecified atom stereocenters. The van der Waals surface area contributed by atoms with E-state index in [1.54, 1.807) is 0 Å². The molecule has 0 aromatic heterocycles. The highest BCUT2D eigenvalue weighted by atomic mass is 19.4. The zero-order valence-electron chi connectivity index (χ0n) is 11.5. The number of rotatable bonds is 2. The van der Waals surface area contributed by atoms with Crippen molar-refractivity contribution in [1.82, 2.24) is 4.90 Å². The Morgan fingerprint density at radius 1 is 1.43 bits per heavy atom. The van der Waals surface area contributed by atoms with Crippen LogP contribution in [0.1, 0.15) is 29.3 Å². The predicted molar refractivity (Wildman–Crippen MR) is 69.1 cm³/mol. The van der Waals surface area contributed by atoms with Crippen molar-refractivity contribution in [2.45, 2.75) is 25.6 Å². The fourth-order valence-electron chi connectivity index (χ4n) is 2.66. The molecule has 2 N–H and O–H groups in total. The first kappa shape index (κ1) is 15.8. The molecule has 2 rings (SSSR count). The highest BCUT2D eigenvalue weighted by Gasteiger charge is 2.37. The lowest BCUT2D eigenvalue weighted by Gasteiger charge is -2.26. The zero-order chi connectivity index (χ0) is 15.8. The Morgan fingerprint density at radius 3 is 2.67 bits per heavy atom. The summed E-state index contributed by atoms with van der Waals surface area (Å²) in [5, 5.41) is 0. The molecule has 0 radical (unpaired) electrons. The third kappa shape index (κ3) is 3.02. The van der Waals surface area contributed by atoms with Crippen LogP contribution < -0.4 is 5.73 Å². The fraction of sp³-hybridized carbons (Fsp3) is 0.500. The molecule has 1 amide bonds. The summed E-state index contributed by atoms with van der Waals surface area (Å²) < 4.78 is 51.3. The number of nitrogens with two attached hydrogens (primary N) is 1. The molecule has 1 heterocycles. The summed E-state index contributed by atoms with van der Waals surface area (Å²) in [6, 6.07) is 2.11. The number of alkyl halides is 3. The number of carbonyl (C=O) groups is 1. The normalized spacial score (nSPS) is 22.7. The van der Waals surface area contributed by atoms with Gasteiger partial charge in [-0.05, 0) is 30.5 Å². The van der Waals surface area contributed by atoms with Crippen molar-refractivity contribution in [3.05, 3.63) is 35.1 Å². The Balaban J connectivity index is 2.32. The van der Waals surface area contributed by atoms with Crippen LogP contribution in [0.4, 0.5) is 17.6 Å². The molecule has 1 saturated heterocycles. The Kier molecular flexibility index (Phi) is 4.22. The van der Waals surface area contributed by atoms with Gasteiger partial charge >= 0.3 is 6.18 Å². The van der Waals surface area contributed by atoms with Gasteiger partial charge < -0.3 is 10.6 Å². The standard InChI is InChI=1S/C14H16F4N2O/c1-8-4-5-20(12(8)7-19)13(21)9-2-3-11(15)10(6-9)14(16,17)18/h2-3,6,8,12H,4-5,7,19H2,1H3. The SMILES string of the molecule is CC1CCN(C(=O)c2ccc(F)c(C(F)(F)F)c2)C1CN. The van der Waals surface area contributed by atoms with Gasteiger partial charge in [-0.2, -0.15) is 13.2 Å². The minimum Gasteiger partial charge on any atom is -0.334 e. The van der Waals surface area contributed by atoms with Crippen molar-refractivity contribution in [1.29, 1.82) is 0 Å². The molecule has 116 valence electrons. The second-order valence-electron chi connectivity index (χ2n) is 5.26. The number of carbonyl (C=O) groups excluding carboxylic acids is 1. The zero-order valence-corrected chi connectivity index (χ0v) is 11.5. The van der Waals surface area contributed by atoms with E-state index >= 15 is 0 Å². The molecule has 2 atom stereocenters. The number of amides is 1. The minimum atomic E-state index is -4.83. The van der Waals surface area contributed by atoms with Gasteiger partial charge in [-0.25, -0.2) is 4.39 Å². The van der Waals surface area contributed by atoms with E-state index in [1.165, 1.54) is 4.90 Å². The van der Waals surface area contributed by atoms with Gasteiger partial charge in [0.2, 0.25) is 0 Å². The number of benzene rings is 1. The van der Waals surface area contributed by atoms with Crippen LogP contribution in [0.3, 0.4) is 0 Å². The molecule has 1 aliphatic rings. The first-order valence-electron chi connectivity index (χ1n) is 6.63. The molecular formula is C14H16F4N2O. The van der Waals surface area contributed by atoms with Crippen LogP contribution in [0.15, 0.2) is 18.2 Å². The van der Waals surface area contributed by atoms with Gasteiger partial charge in [-0.15, -0.1) is 0 Å². The predicted octanol–water partition coefficient (Wildman–Crippen LogP) is 2.65. The Labute approximate surface area is 119 Å². The topological polar surface area (TPSA) is 46.3 Å². The summed E-state index contributed by atoms with van der Waals surface area (Å²) in [5.74, 6) is -1.73. The van der Waals surface area contributed by atoms with Crippen LogP contribution in [-0.4, -0.2) is 29.9 Å². The Bertz CT molecular complexity index is 544. The van der Waals surface area contributed by atoms with Crippen LogP contribution in [0.2, 0.25) is 0 Å². The van der Waals surface area contributed by atoms with E-state index < -0.39 is 23.5 Å². The van der Waals surface area contributed by atoms with Gasteiger partial charge in [-0.3, -0.25) is 4.79 Å². The molecule has 0 saturated carbocycles. The number of halogens is 4. The van der Waals surface area contributed by atoms with E-state index in [2.05, 4.69) is 0 Å². The number of nitrogens with zero attached hydrogens (tertiary/aromatic N) is 1. The van der Waals surface area contributed by atoms with Crippen LogP contribution in [0.25, 0.3) is 0 Å². The van der Waals surface area contributed by atoms with Gasteiger partial charge in [0.1, 0.15) is 5.82 Å². The van der Waals surface area contributed by atoms with E-state index in [0.717, 1.165) is 12.5 Å². The van der Waals surface area contributed by atoms with Gasteiger partial charge in [-0.1, -0.05) is 6.92 Å². The van der Waals surface area contributed by atoms with Crippen molar-refractivity contribution in [3.8, 4) is 0 Å². The maximum Gasteiger partial charge on any atom is 0.419 e. The summed E-state index contributed by atoms with van der Waals surface area (Å²) in [4.78, 5) is 13.8. The van der Waals surface area contributed by atoms with E-state index in [-0.39, 0.29) is 24.1 Å². The molecule has 21 heavy (non-hydrogen) atoms. The molecule has 1 aromatic carbocycles. The van der Waals surface area contributed by atoms with E-state index in [9.17, 15) is 22.4 Å². The molecule has 3 nitrogen and oxygen atoms in total. The van der Waals surface area contributed by atoms with Crippen molar-refractivity contribution in [2.24, 2.45) is 11.7 Å². The first-order chi connectivity index (χ1) is 9.75. The molecule has 0 bridgehead atoms. The molecule has 0 spiro atoms. The molecule has 1 aromatic rings. The highest BCUT2D eigenvalue weighted by molar-refractivity contribution is 5.94. The average molecular weight is 304 g/mol. The largest absolute Gasteiger partial charge is 0.419 e. The quantitative estimate of drug-likeness (QED) is 0.854. The van der Waals surface area contributed by atoms with Crippen LogP contribution in [0.5, 0.6) is 0 Å². The van der Waals surface area contributed by atoms with Crippen molar-refractivity contribution in [3.63, 3.8) is 0 Å². The van der Waals surface area contributed by atoms with E-state index in [1.807, 2.05) is 6.92 Å². The van der Waals surface area contributed by atoms with E-state index in [0.29, 0.717) is 18.7 Å². The molecule has 1 fully saturated rings. The second-order valence-corrected chi connectivity index (χ2v) is 5.26. The lowest BCUT2D eigenvalue weighted by molar-refractivity contribution is -0.140. The average Bonchev–Trinajstić information content (AvgIpc) is 2.78. The molecule has 1 aliphatic heterocycles. The van der Waals surface area contributed by atoms with Gasteiger partial charge in [0.25, 0.3) is 5.91 Å². The van der Waals surface area contributed by atoms with E-state index in [4.69, 9.17) is 5.73 Å². The summed E-state index contributed by atoms with van der Waals surface area (Å²) in [5.41, 5.74) is 4.02. The van der Waals surface area contributed by atoms with Gasteiger partial charge in [0, 0.05) is 24.7 Å². The smallest absolute Gasteiger partial charge is 0.334 e. The van der Waals surface area contributed by atoms with Gasteiger partial charge in [0.05, 0.1) is 5.56 Å². The van der Waals surface area contributed by atoms with Gasteiger partial charge in [0.15, 0.2) is 0 Å².